The molecule has 1 N–H and O–H groups in total. The molecule has 1 heterocycles. The molecule has 1 aliphatic heterocycles. The average molecular weight is 463 g/mol. The van der Waals surface area contributed by atoms with Crippen molar-refractivity contribution in [2.24, 2.45) is 23.7 Å². The van der Waals surface area contributed by atoms with E-state index in [1.165, 1.54) is 142 Å². The molecule has 0 spiro atoms. The molecule has 0 amide bonds. The summed E-state index contributed by atoms with van der Waals surface area (Å²) in [6.45, 7) is 14.9. The van der Waals surface area contributed by atoms with E-state index in [0.717, 1.165) is 29.7 Å². The van der Waals surface area contributed by atoms with Gasteiger partial charge in [0.2, 0.25) is 0 Å². The summed E-state index contributed by atoms with van der Waals surface area (Å²) in [6.07, 6.45) is 26.0. The zero-order chi connectivity index (χ0) is 23.7. The minimum atomic E-state index is 0.820. The van der Waals surface area contributed by atoms with Crippen LogP contribution in [0.5, 0.6) is 0 Å². The first kappa shape index (κ1) is 29.2. The van der Waals surface area contributed by atoms with Crippen molar-refractivity contribution >= 4 is 0 Å². The van der Waals surface area contributed by atoms with Gasteiger partial charge in [0.05, 0.1) is 0 Å². The SMILES string of the molecule is CCC1CCCC1CCCC1C(CC)CCCCCCCCCNCCCC(C)CN1CC. The minimum absolute atomic E-state index is 0.820. The quantitative estimate of drug-likeness (QED) is 0.406. The number of hydrogen-bond acceptors (Lipinski definition) is 2. The fourth-order valence-electron chi connectivity index (χ4n) is 7.24. The summed E-state index contributed by atoms with van der Waals surface area (Å²) in [5, 5.41) is 3.71. The third-order valence-electron chi connectivity index (χ3n) is 9.38. The van der Waals surface area contributed by atoms with Gasteiger partial charge < -0.3 is 10.2 Å². The standard InChI is InChI=1S/C31H62N2/c1-5-28-20-15-21-30(28)22-16-23-31-29(6-2)19-13-11-9-8-10-12-14-24-32-25-17-18-27(4)26-33(31)7-3/h27-32H,5-26H2,1-4H3. The highest BCUT2D eigenvalue weighted by molar-refractivity contribution is 4.82. The van der Waals surface area contributed by atoms with Crippen LogP contribution >= 0.6 is 0 Å². The first-order chi connectivity index (χ1) is 16.2. The van der Waals surface area contributed by atoms with Crippen molar-refractivity contribution in [3.05, 3.63) is 0 Å². The molecule has 0 radical (unpaired) electrons. The van der Waals surface area contributed by atoms with E-state index in [0.29, 0.717) is 0 Å². The second kappa shape index (κ2) is 18.2. The van der Waals surface area contributed by atoms with Crippen LogP contribution in [0.15, 0.2) is 0 Å². The number of nitrogens with one attached hydrogen (secondary N) is 1. The highest BCUT2D eigenvalue weighted by Crippen LogP contribution is 2.38. The van der Waals surface area contributed by atoms with Gasteiger partial charge in [-0.1, -0.05) is 111 Å². The van der Waals surface area contributed by atoms with E-state index in [1.807, 2.05) is 0 Å². The van der Waals surface area contributed by atoms with Crippen molar-refractivity contribution in [3.63, 3.8) is 0 Å². The molecule has 2 nitrogen and oxygen atoms in total. The molecule has 0 aromatic heterocycles. The van der Waals surface area contributed by atoms with E-state index in [2.05, 4.69) is 37.9 Å². The molecule has 0 bridgehead atoms. The Kier molecular flexibility index (Phi) is 16.1. The van der Waals surface area contributed by atoms with Crippen molar-refractivity contribution in [3.8, 4) is 0 Å². The Bertz CT molecular complexity index is 450. The first-order valence-corrected chi connectivity index (χ1v) is 15.6. The predicted octanol–water partition coefficient (Wildman–Crippen LogP) is 8.84. The zero-order valence-corrected chi connectivity index (χ0v) is 23.4. The number of hydrogen-bond donors (Lipinski definition) is 1. The summed E-state index contributed by atoms with van der Waals surface area (Å²) in [7, 11) is 0. The van der Waals surface area contributed by atoms with Crippen LogP contribution in [-0.2, 0) is 0 Å². The minimum Gasteiger partial charge on any atom is -0.317 e. The summed E-state index contributed by atoms with van der Waals surface area (Å²) < 4.78 is 0. The second-order valence-electron chi connectivity index (χ2n) is 11.9. The van der Waals surface area contributed by atoms with E-state index < -0.39 is 0 Å². The highest BCUT2D eigenvalue weighted by Gasteiger charge is 2.29. The third kappa shape index (κ3) is 11.5. The van der Waals surface area contributed by atoms with Gasteiger partial charge in [0.1, 0.15) is 0 Å². The lowest BCUT2D eigenvalue weighted by Crippen LogP contribution is -2.43. The van der Waals surface area contributed by atoms with Gasteiger partial charge in [-0.2, -0.15) is 0 Å². The van der Waals surface area contributed by atoms with Gasteiger partial charge in [0, 0.05) is 12.6 Å². The molecule has 2 fully saturated rings. The summed E-state index contributed by atoms with van der Waals surface area (Å²) in [6, 6.07) is 0.820. The molecule has 1 saturated carbocycles. The third-order valence-corrected chi connectivity index (χ3v) is 9.38. The van der Waals surface area contributed by atoms with E-state index >= 15 is 0 Å². The lowest BCUT2D eigenvalue weighted by Gasteiger charge is -2.38. The van der Waals surface area contributed by atoms with E-state index in [9.17, 15) is 0 Å². The molecule has 2 aliphatic rings. The number of nitrogens with zero attached hydrogens (tertiary/aromatic N) is 1. The monoisotopic (exact) mass is 462 g/mol. The topological polar surface area (TPSA) is 15.3 Å². The van der Waals surface area contributed by atoms with Crippen LogP contribution in [0.4, 0.5) is 0 Å². The van der Waals surface area contributed by atoms with Gasteiger partial charge in [-0.3, -0.25) is 0 Å². The molecule has 196 valence electrons. The van der Waals surface area contributed by atoms with Gasteiger partial charge in [-0.25, -0.2) is 0 Å². The smallest absolute Gasteiger partial charge is 0.0123 e. The van der Waals surface area contributed by atoms with Crippen LogP contribution in [0, 0.1) is 23.7 Å². The van der Waals surface area contributed by atoms with Crippen molar-refractivity contribution in [2.75, 3.05) is 26.2 Å². The van der Waals surface area contributed by atoms with Crippen LogP contribution in [0.25, 0.3) is 0 Å². The molecular formula is C31H62N2. The largest absolute Gasteiger partial charge is 0.317 e. The molecule has 33 heavy (non-hydrogen) atoms. The summed E-state index contributed by atoms with van der Waals surface area (Å²) >= 11 is 0. The molecule has 1 saturated heterocycles. The van der Waals surface area contributed by atoms with Gasteiger partial charge in [-0.05, 0) is 75.4 Å². The van der Waals surface area contributed by atoms with E-state index in [-0.39, 0.29) is 0 Å². The summed E-state index contributed by atoms with van der Waals surface area (Å²) in [5.74, 6) is 3.80. The van der Waals surface area contributed by atoms with Crippen molar-refractivity contribution < 1.29 is 0 Å². The molecule has 2 heteroatoms. The zero-order valence-electron chi connectivity index (χ0n) is 23.4. The maximum absolute atomic E-state index is 3.71. The van der Waals surface area contributed by atoms with Crippen LogP contribution in [0.2, 0.25) is 0 Å². The van der Waals surface area contributed by atoms with Gasteiger partial charge in [0.15, 0.2) is 0 Å². The maximum atomic E-state index is 3.71. The Hall–Kier alpha value is -0.0800. The lowest BCUT2D eigenvalue weighted by molar-refractivity contribution is 0.105. The number of rotatable bonds is 7. The molecule has 2 rings (SSSR count). The predicted molar refractivity (Wildman–Crippen MR) is 148 cm³/mol. The molecular weight excluding hydrogens is 400 g/mol. The molecule has 5 unspecified atom stereocenters. The Morgan fingerprint density at radius 2 is 1.27 bits per heavy atom. The van der Waals surface area contributed by atoms with Gasteiger partial charge in [0.25, 0.3) is 0 Å². The fourth-order valence-corrected chi connectivity index (χ4v) is 7.24. The van der Waals surface area contributed by atoms with E-state index in [4.69, 9.17) is 0 Å². The Balaban J connectivity index is 1.97. The van der Waals surface area contributed by atoms with Crippen molar-refractivity contribution in [2.45, 2.75) is 149 Å². The van der Waals surface area contributed by atoms with Crippen LogP contribution < -0.4 is 5.32 Å². The van der Waals surface area contributed by atoms with Gasteiger partial charge >= 0.3 is 0 Å². The molecule has 0 aromatic carbocycles. The maximum Gasteiger partial charge on any atom is 0.0123 e. The van der Waals surface area contributed by atoms with E-state index in [1.54, 1.807) is 0 Å². The van der Waals surface area contributed by atoms with Crippen LogP contribution in [-0.4, -0.2) is 37.1 Å². The Morgan fingerprint density at radius 1 is 0.636 bits per heavy atom. The molecule has 5 atom stereocenters. The Labute approximate surface area is 209 Å². The normalized spacial score (nSPS) is 32.9. The summed E-state index contributed by atoms with van der Waals surface area (Å²) in [5.41, 5.74) is 0. The highest BCUT2D eigenvalue weighted by atomic mass is 15.2. The average Bonchev–Trinajstić information content (AvgIpc) is 3.28. The van der Waals surface area contributed by atoms with Crippen LogP contribution in [0.3, 0.4) is 0 Å². The molecule has 1 aliphatic carbocycles. The lowest BCUT2D eigenvalue weighted by atomic mass is 9.83. The summed E-state index contributed by atoms with van der Waals surface area (Å²) in [4.78, 5) is 2.93. The Morgan fingerprint density at radius 3 is 2.00 bits per heavy atom. The van der Waals surface area contributed by atoms with Crippen LogP contribution in [0.1, 0.15) is 143 Å². The van der Waals surface area contributed by atoms with Gasteiger partial charge in [-0.15, -0.1) is 0 Å². The van der Waals surface area contributed by atoms with Crippen molar-refractivity contribution in [1.82, 2.24) is 10.2 Å². The fraction of sp³-hybridized carbons (Fsp3) is 1.00. The first-order valence-electron chi connectivity index (χ1n) is 15.6. The second-order valence-corrected chi connectivity index (χ2v) is 11.9. The van der Waals surface area contributed by atoms with Crippen molar-refractivity contribution in [1.29, 1.82) is 0 Å². The molecule has 0 aromatic rings.